The van der Waals surface area contributed by atoms with Crippen molar-refractivity contribution < 1.29 is 9.90 Å². The number of rotatable bonds is 8. The third-order valence-corrected chi connectivity index (χ3v) is 2.43. The number of hydrogen-bond donors (Lipinski definition) is 2. The molecule has 100 valence electrons. The lowest BCUT2D eigenvalue weighted by Gasteiger charge is -2.15. The number of carbonyl (C=O) groups excluding carboxylic acids is 1. The lowest BCUT2D eigenvalue weighted by Crippen LogP contribution is -2.36. The van der Waals surface area contributed by atoms with Crippen LogP contribution in [0.3, 0.4) is 0 Å². The second kappa shape index (κ2) is 8.41. The Morgan fingerprint density at radius 2 is 2.06 bits per heavy atom. The van der Waals surface area contributed by atoms with E-state index in [0.29, 0.717) is 12.5 Å². The predicted molar refractivity (Wildman–Crippen MR) is 69.2 cm³/mol. The summed E-state index contributed by atoms with van der Waals surface area (Å²) in [4.78, 5) is 21.4. The Morgan fingerprint density at radius 3 is 2.72 bits per heavy atom. The van der Waals surface area contributed by atoms with E-state index < -0.39 is 0 Å². The van der Waals surface area contributed by atoms with Gasteiger partial charge in [0, 0.05) is 32.6 Å². The van der Waals surface area contributed by atoms with Crippen LogP contribution in [0.5, 0.6) is 0 Å². The van der Waals surface area contributed by atoms with Gasteiger partial charge in [-0.15, -0.1) is 0 Å². The normalized spacial score (nSPS) is 10.1. The molecular weight excluding hydrogens is 232 g/mol. The van der Waals surface area contributed by atoms with Gasteiger partial charge >= 0.3 is 0 Å². The lowest BCUT2D eigenvalue weighted by molar-refractivity contribution is -0.119. The molecule has 0 radical (unpaired) electrons. The maximum Gasteiger partial charge on any atom is 0.239 e. The van der Waals surface area contributed by atoms with E-state index >= 15 is 0 Å². The number of nitrogens with one attached hydrogen (secondary N) is 1. The molecule has 0 spiro atoms. The smallest absolute Gasteiger partial charge is 0.239 e. The van der Waals surface area contributed by atoms with Crippen molar-refractivity contribution in [3.63, 3.8) is 0 Å². The van der Waals surface area contributed by atoms with Gasteiger partial charge in [-0.2, -0.15) is 0 Å². The number of hydrogen-bond acceptors (Lipinski definition) is 5. The molecule has 0 saturated heterocycles. The van der Waals surface area contributed by atoms with Crippen LogP contribution >= 0.6 is 0 Å². The molecule has 0 aromatic carbocycles. The summed E-state index contributed by atoms with van der Waals surface area (Å²) in [5.74, 6) is 0.488. The zero-order chi connectivity index (χ0) is 13.2. The van der Waals surface area contributed by atoms with Gasteiger partial charge in [-0.05, 0) is 25.3 Å². The molecule has 1 aromatic heterocycles. The maximum atomic E-state index is 11.6. The summed E-state index contributed by atoms with van der Waals surface area (Å²) in [6.45, 7) is 1.09. The van der Waals surface area contributed by atoms with Gasteiger partial charge in [-0.25, -0.2) is 9.97 Å². The van der Waals surface area contributed by atoms with Gasteiger partial charge in [0.15, 0.2) is 0 Å². The van der Waals surface area contributed by atoms with Crippen LogP contribution < -0.4 is 10.2 Å². The fourth-order valence-electron chi connectivity index (χ4n) is 1.47. The summed E-state index contributed by atoms with van der Waals surface area (Å²) >= 11 is 0. The van der Waals surface area contributed by atoms with E-state index in [9.17, 15) is 4.79 Å². The molecule has 18 heavy (non-hydrogen) atoms. The minimum atomic E-state index is -0.0473. The standard InChI is InChI=1S/C12H20N4O2/c1-16(12-14-7-5-8-15-12)10-11(18)13-6-3-2-4-9-17/h5,7-8,17H,2-4,6,9-10H2,1H3,(H,13,18). The molecule has 0 fully saturated rings. The molecule has 0 aliphatic rings. The van der Waals surface area contributed by atoms with Crippen molar-refractivity contribution in [1.82, 2.24) is 15.3 Å². The Bertz CT molecular complexity index is 345. The van der Waals surface area contributed by atoms with Crippen molar-refractivity contribution in [2.45, 2.75) is 19.3 Å². The van der Waals surface area contributed by atoms with E-state index in [4.69, 9.17) is 5.11 Å². The molecule has 1 aromatic rings. The Hall–Kier alpha value is -1.69. The monoisotopic (exact) mass is 252 g/mol. The van der Waals surface area contributed by atoms with Crippen LogP contribution in [0, 0.1) is 0 Å². The molecule has 2 N–H and O–H groups in total. The fraction of sp³-hybridized carbons (Fsp3) is 0.583. The Labute approximate surface area is 107 Å². The van der Waals surface area contributed by atoms with Crippen LogP contribution in [-0.4, -0.2) is 47.7 Å². The molecule has 1 rings (SSSR count). The first-order valence-electron chi connectivity index (χ1n) is 6.09. The molecule has 1 heterocycles. The Morgan fingerprint density at radius 1 is 1.33 bits per heavy atom. The average Bonchev–Trinajstić information content (AvgIpc) is 2.39. The third-order valence-electron chi connectivity index (χ3n) is 2.43. The largest absolute Gasteiger partial charge is 0.396 e. The van der Waals surface area contributed by atoms with E-state index in [1.165, 1.54) is 0 Å². The zero-order valence-electron chi connectivity index (χ0n) is 10.7. The highest BCUT2D eigenvalue weighted by atomic mass is 16.2. The summed E-state index contributed by atoms with van der Waals surface area (Å²) in [6, 6.07) is 1.73. The van der Waals surface area contributed by atoms with Crippen molar-refractivity contribution in [3.8, 4) is 0 Å². The number of nitrogens with zero attached hydrogens (tertiary/aromatic N) is 3. The summed E-state index contributed by atoms with van der Waals surface area (Å²) in [5.41, 5.74) is 0. The van der Waals surface area contributed by atoms with Gasteiger partial charge in [0.1, 0.15) is 0 Å². The van der Waals surface area contributed by atoms with Crippen molar-refractivity contribution in [1.29, 1.82) is 0 Å². The van der Waals surface area contributed by atoms with Crippen molar-refractivity contribution in [2.75, 3.05) is 31.6 Å². The van der Waals surface area contributed by atoms with Crippen LogP contribution in [0.2, 0.25) is 0 Å². The number of carbonyl (C=O) groups is 1. The summed E-state index contributed by atoms with van der Waals surface area (Å²) in [6.07, 6.45) is 5.89. The SMILES string of the molecule is CN(CC(=O)NCCCCCO)c1ncccn1. The number of aliphatic hydroxyl groups is 1. The highest BCUT2D eigenvalue weighted by Gasteiger charge is 2.08. The van der Waals surface area contributed by atoms with Crippen LogP contribution in [0.4, 0.5) is 5.95 Å². The lowest BCUT2D eigenvalue weighted by atomic mass is 10.2. The molecule has 0 atom stereocenters. The number of anilines is 1. The first kappa shape index (κ1) is 14.4. The van der Waals surface area contributed by atoms with Gasteiger partial charge in [0.25, 0.3) is 0 Å². The predicted octanol–water partition coefficient (Wildman–Crippen LogP) is 0.192. The van der Waals surface area contributed by atoms with Crippen LogP contribution in [0.25, 0.3) is 0 Å². The van der Waals surface area contributed by atoms with Crippen LogP contribution in [0.15, 0.2) is 18.5 Å². The highest BCUT2D eigenvalue weighted by Crippen LogP contribution is 2.00. The molecule has 0 bridgehead atoms. The fourth-order valence-corrected chi connectivity index (χ4v) is 1.47. The number of aromatic nitrogens is 2. The van der Waals surface area contributed by atoms with Crippen molar-refractivity contribution in [2.24, 2.45) is 0 Å². The minimum Gasteiger partial charge on any atom is -0.396 e. The maximum absolute atomic E-state index is 11.6. The van der Waals surface area contributed by atoms with E-state index in [0.717, 1.165) is 19.3 Å². The van der Waals surface area contributed by atoms with Gasteiger partial charge in [0.05, 0.1) is 6.54 Å². The molecule has 0 saturated carbocycles. The second-order valence-electron chi connectivity index (χ2n) is 4.04. The third kappa shape index (κ3) is 5.58. The van der Waals surface area contributed by atoms with Crippen molar-refractivity contribution in [3.05, 3.63) is 18.5 Å². The van der Waals surface area contributed by atoms with Crippen LogP contribution in [-0.2, 0) is 4.79 Å². The highest BCUT2D eigenvalue weighted by molar-refractivity contribution is 5.80. The van der Waals surface area contributed by atoms with Gasteiger partial charge in [0.2, 0.25) is 11.9 Å². The topological polar surface area (TPSA) is 78.4 Å². The Kier molecular flexibility index (Phi) is 6.71. The van der Waals surface area contributed by atoms with Gasteiger partial charge in [-0.1, -0.05) is 0 Å². The van der Waals surface area contributed by atoms with E-state index in [-0.39, 0.29) is 19.1 Å². The first-order chi connectivity index (χ1) is 8.74. The second-order valence-corrected chi connectivity index (χ2v) is 4.04. The minimum absolute atomic E-state index is 0.0473. The van der Waals surface area contributed by atoms with E-state index in [1.807, 2.05) is 0 Å². The van der Waals surface area contributed by atoms with E-state index in [1.54, 1.807) is 30.4 Å². The summed E-state index contributed by atoms with van der Waals surface area (Å²) in [7, 11) is 1.78. The van der Waals surface area contributed by atoms with Gasteiger partial charge < -0.3 is 15.3 Å². The number of aliphatic hydroxyl groups excluding tert-OH is 1. The molecule has 6 nitrogen and oxygen atoms in total. The number of likely N-dealkylation sites (N-methyl/N-ethyl adjacent to an activating group) is 1. The molecule has 6 heteroatoms. The zero-order valence-corrected chi connectivity index (χ0v) is 10.7. The molecule has 0 aliphatic carbocycles. The van der Waals surface area contributed by atoms with Crippen LogP contribution in [0.1, 0.15) is 19.3 Å². The summed E-state index contributed by atoms with van der Waals surface area (Å²) < 4.78 is 0. The van der Waals surface area contributed by atoms with Gasteiger partial charge in [-0.3, -0.25) is 4.79 Å². The number of amides is 1. The quantitative estimate of drug-likeness (QED) is 0.646. The molecular formula is C12H20N4O2. The van der Waals surface area contributed by atoms with Crippen molar-refractivity contribution >= 4 is 11.9 Å². The average molecular weight is 252 g/mol. The Balaban J connectivity index is 2.20. The molecule has 0 aliphatic heterocycles. The molecule has 1 amide bonds. The summed E-state index contributed by atoms with van der Waals surface area (Å²) in [5, 5.41) is 11.4. The van der Waals surface area contributed by atoms with E-state index in [2.05, 4.69) is 15.3 Å². The first-order valence-corrected chi connectivity index (χ1v) is 6.09. The molecule has 0 unspecified atom stereocenters. The number of unbranched alkanes of at least 4 members (excludes halogenated alkanes) is 2.